The molecule has 0 saturated heterocycles. The van der Waals surface area contributed by atoms with Crippen LogP contribution in [0.25, 0.3) is 0 Å². The van der Waals surface area contributed by atoms with Crippen LogP contribution >= 0.6 is 0 Å². The summed E-state index contributed by atoms with van der Waals surface area (Å²) in [5, 5.41) is 13.6. The molecule has 19 heavy (non-hydrogen) atoms. The highest BCUT2D eigenvalue weighted by atomic mass is 19.1. The Bertz CT molecular complexity index is 457. The number of urea groups is 1. The van der Waals surface area contributed by atoms with Crippen LogP contribution in [0.4, 0.5) is 14.9 Å². The molecule has 0 aliphatic rings. The van der Waals surface area contributed by atoms with E-state index in [-0.39, 0.29) is 12.5 Å². The van der Waals surface area contributed by atoms with Crippen LogP contribution in [-0.4, -0.2) is 23.1 Å². The van der Waals surface area contributed by atoms with E-state index < -0.39 is 17.8 Å². The first kappa shape index (κ1) is 14.9. The van der Waals surface area contributed by atoms with E-state index in [0.717, 1.165) is 0 Å². The molecule has 0 aromatic heterocycles. The molecule has 1 unspecified atom stereocenters. The van der Waals surface area contributed by atoms with Gasteiger partial charge in [0.1, 0.15) is 5.82 Å². The molecule has 104 valence electrons. The molecule has 3 N–H and O–H groups in total. The number of carboxylic acids is 1. The number of anilines is 1. The minimum absolute atomic E-state index is 0.0134. The molecular formula is C13H17FN2O3. The number of aryl methyl sites for hydroxylation is 1. The fourth-order valence-electron chi connectivity index (χ4n) is 1.61. The lowest BCUT2D eigenvalue weighted by molar-refractivity contribution is -0.137. The highest BCUT2D eigenvalue weighted by Crippen LogP contribution is 2.13. The SMILES string of the molecule is Cc1cc(F)cc(NC(=O)NC(C)CCC(=O)O)c1. The Morgan fingerprint density at radius 1 is 1.37 bits per heavy atom. The number of carbonyl (C=O) groups is 2. The second-order valence-electron chi connectivity index (χ2n) is 4.45. The number of aliphatic carboxylic acids is 1. The number of nitrogens with one attached hydrogen (secondary N) is 2. The second kappa shape index (κ2) is 6.72. The highest BCUT2D eigenvalue weighted by Gasteiger charge is 2.09. The van der Waals surface area contributed by atoms with Crippen molar-refractivity contribution in [3.8, 4) is 0 Å². The smallest absolute Gasteiger partial charge is 0.319 e. The van der Waals surface area contributed by atoms with Gasteiger partial charge in [0.2, 0.25) is 0 Å². The molecule has 0 saturated carbocycles. The van der Waals surface area contributed by atoms with Crippen molar-refractivity contribution < 1.29 is 19.1 Å². The fourth-order valence-corrected chi connectivity index (χ4v) is 1.61. The van der Waals surface area contributed by atoms with E-state index in [0.29, 0.717) is 17.7 Å². The van der Waals surface area contributed by atoms with Crippen molar-refractivity contribution >= 4 is 17.7 Å². The molecule has 2 amide bonds. The molecule has 0 spiro atoms. The van der Waals surface area contributed by atoms with Gasteiger partial charge in [0.15, 0.2) is 0 Å². The first-order chi connectivity index (χ1) is 8.86. The quantitative estimate of drug-likeness (QED) is 0.767. The van der Waals surface area contributed by atoms with Gasteiger partial charge in [-0.15, -0.1) is 0 Å². The van der Waals surface area contributed by atoms with Gasteiger partial charge in [-0.1, -0.05) is 0 Å². The van der Waals surface area contributed by atoms with E-state index in [1.807, 2.05) is 0 Å². The van der Waals surface area contributed by atoms with E-state index in [4.69, 9.17) is 5.11 Å². The van der Waals surface area contributed by atoms with Crippen LogP contribution in [0.2, 0.25) is 0 Å². The van der Waals surface area contributed by atoms with Crippen LogP contribution in [0, 0.1) is 12.7 Å². The summed E-state index contributed by atoms with van der Waals surface area (Å²) >= 11 is 0. The third-order valence-corrected chi connectivity index (χ3v) is 2.47. The average molecular weight is 268 g/mol. The lowest BCUT2D eigenvalue weighted by Gasteiger charge is -2.14. The first-order valence-electron chi connectivity index (χ1n) is 5.93. The first-order valence-corrected chi connectivity index (χ1v) is 5.93. The number of carboxylic acid groups (broad SMARTS) is 1. The lowest BCUT2D eigenvalue weighted by atomic mass is 10.2. The molecule has 1 aromatic carbocycles. The standard InChI is InChI=1S/C13H17FN2O3/c1-8-5-10(14)7-11(6-8)16-13(19)15-9(2)3-4-12(17)18/h5-7,9H,3-4H2,1-2H3,(H,17,18)(H2,15,16,19). The molecule has 1 atom stereocenters. The maximum absolute atomic E-state index is 13.1. The van der Waals surface area contributed by atoms with Crippen molar-refractivity contribution in [3.05, 3.63) is 29.6 Å². The van der Waals surface area contributed by atoms with Gasteiger partial charge in [-0.25, -0.2) is 9.18 Å². The van der Waals surface area contributed by atoms with Crippen LogP contribution in [0.1, 0.15) is 25.3 Å². The number of carbonyl (C=O) groups excluding carboxylic acids is 1. The van der Waals surface area contributed by atoms with E-state index in [9.17, 15) is 14.0 Å². The minimum atomic E-state index is -0.908. The zero-order chi connectivity index (χ0) is 14.4. The van der Waals surface area contributed by atoms with Gasteiger partial charge in [-0.3, -0.25) is 4.79 Å². The molecule has 0 radical (unpaired) electrons. The van der Waals surface area contributed by atoms with E-state index in [1.165, 1.54) is 12.1 Å². The zero-order valence-corrected chi connectivity index (χ0v) is 10.9. The maximum Gasteiger partial charge on any atom is 0.319 e. The number of hydrogen-bond acceptors (Lipinski definition) is 2. The Morgan fingerprint density at radius 2 is 2.05 bits per heavy atom. The van der Waals surface area contributed by atoms with Gasteiger partial charge < -0.3 is 15.7 Å². The zero-order valence-electron chi connectivity index (χ0n) is 10.9. The van der Waals surface area contributed by atoms with Crippen LogP contribution in [0.5, 0.6) is 0 Å². The lowest BCUT2D eigenvalue weighted by Crippen LogP contribution is -2.36. The Kier molecular flexibility index (Phi) is 5.29. The van der Waals surface area contributed by atoms with Crippen LogP contribution in [0.15, 0.2) is 18.2 Å². The molecule has 0 bridgehead atoms. The molecular weight excluding hydrogens is 251 g/mol. The van der Waals surface area contributed by atoms with Gasteiger partial charge >= 0.3 is 12.0 Å². The summed E-state index contributed by atoms with van der Waals surface area (Å²) in [7, 11) is 0. The van der Waals surface area contributed by atoms with Crippen molar-refractivity contribution in [3.63, 3.8) is 0 Å². The van der Waals surface area contributed by atoms with Gasteiger partial charge in [0, 0.05) is 18.2 Å². The summed E-state index contributed by atoms with van der Waals surface area (Å²) in [6.07, 6.45) is 0.325. The van der Waals surface area contributed by atoms with Gasteiger partial charge in [0.05, 0.1) is 0 Å². The summed E-state index contributed by atoms with van der Waals surface area (Å²) in [6, 6.07) is 3.46. The van der Waals surface area contributed by atoms with E-state index in [2.05, 4.69) is 10.6 Å². The molecule has 5 nitrogen and oxygen atoms in total. The van der Waals surface area contributed by atoms with E-state index in [1.54, 1.807) is 19.9 Å². The summed E-state index contributed by atoms with van der Waals surface area (Å²) in [5.74, 6) is -1.33. The third kappa shape index (κ3) is 5.85. The number of halogens is 1. The van der Waals surface area contributed by atoms with Crippen molar-refractivity contribution in [2.24, 2.45) is 0 Å². The number of rotatable bonds is 5. The predicted molar refractivity (Wildman–Crippen MR) is 69.6 cm³/mol. The number of hydrogen-bond donors (Lipinski definition) is 3. The Morgan fingerprint density at radius 3 is 2.63 bits per heavy atom. The van der Waals surface area contributed by atoms with Crippen molar-refractivity contribution in [1.82, 2.24) is 5.32 Å². The largest absolute Gasteiger partial charge is 0.481 e. The summed E-state index contributed by atoms with van der Waals surface area (Å²) in [5.41, 5.74) is 1.06. The van der Waals surface area contributed by atoms with Crippen LogP contribution in [-0.2, 0) is 4.79 Å². The highest BCUT2D eigenvalue weighted by molar-refractivity contribution is 5.89. The molecule has 0 fully saturated rings. The minimum Gasteiger partial charge on any atom is -0.481 e. The van der Waals surface area contributed by atoms with Crippen molar-refractivity contribution in [2.45, 2.75) is 32.7 Å². The van der Waals surface area contributed by atoms with Gasteiger partial charge in [-0.05, 0) is 44.0 Å². The van der Waals surface area contributed by atoms with Gasteiger partial charge in [0.25, 0.3) is 0 Å². The summed E-state index contributed by atoms with van der Waals surface area (Å²) in [4.78, 5) is 22.0. The second-order valence-corrected chi connectivity index (χ2v) is 4.45. The predicted octanol–water partition coefficient (Wildman–Crippen LogP) is 2.51. The number of benzene rings is 1. The van der Waals surface area contributed by atoms with Gasteiger partial charge in [-0.2, -0.15) is 0 Å². The topological polar surface area (TPSA) is 78.4 Å². The average Bonchev–Trinajstić information content (AvgIpc) is 2.24. The Balaban J connectivity index is 2.48. The molecule has 0 aliphatic heterocycles. The normalized spacial score (nSPS) is 11.7. The monoisotopic (exact) mass is 268 g/mol. The van der Waals surface area contributed by atoms with Crippen molar-refractivity contribution in [1.29, 1.82) is 0 Å². The van der Waals surface area contributed by atoms with Crippen LogP contribution in [0.3, 0.4) is 0 Å². The van der Waals surface area contributed by atoms with Crippen LogP contribution < -0.4 is 10.6 Å². The molecule has 0 heterocycles. The molecule has 1 aromatic rings. The van der Waals surface area contributed by atoms with E-state index >= 15 is 0 Å². The molecule has 1 rings (SSSR count). The van der Waals surface area contributed by atoms with Crippen molar-refractivity contribution in [2.75, 3.05) is 5.32 Å². The fraction of sp³-hybridized carbons (Fsp3) is 0.385. The summed E-state index contributed by atoms with van der Waals surface area (Å²) < 4.78 is 13.1. The molecule has 6 heteroatoms. The number of amides is 2. The Labute approximate surface area is 110 Å². The maximum atomic E-state index is 13.1. The molecule has 0 aliphatic carbocycles. The third-order valence-electron chi connectivity index (χ3n) is 2.47. The summed E-state index contributed by atoms with van der Waals surface area (Å²) in [6.45, 7) is 3.43. The Hall–Kier alpha value is -2.11.